The van der Waals surface area contributed by atoms with E-state index in [2.05, 4.69) is 53.2 Å². The van der Waals surface area contributed by atoms with Gasteiger partial charge in [-0.05, 0) is 30.6 Å². The van der Waals surface area contributed by atoms with Crippen molar-refractivity contribution in [3.8, 4) is 0 Å². The molecule has 1 heterocycles. The average molecular weight is 1120 g/mol. The first-order chi connectivity index (χ1) is 35.3. The van der Waals surface area contributed by atoms with Gasteiger partial charge >= 0.3 is 17.9 Å². The standard InChI is InChI=1S/C45H74N12O17S2/c1-10-20(7)32(47)41(69)53-26-16-75-76-17-27(40(68)56-34(19(5)6)43(71)52-24(13-30(60)61)37(65)49-22(9)45(73)74)54-42(70)33(18(3)4)55-29(59)15-48-36(64)23(12-28(46)58)51-44(72)35(21(8)11-2)57-38(66)25(14-31(62)63)50-39(26)67/h18-27,32-35H,10-17,47H2,1-9H3,(H2,46,58)(H,48,64)(H,49,65)(H,50,67)(H,51,72)(H,52,71)(H,53,69)(H,54,70)(H,55,59)(H,56,68)(H,57,66)(H,60,61)(H,62,63)(H,73,74)/t20-,21-,22-,23-,24-,25?,26?,27?,32-,33-,34-,35-/m0/s1. The molecule has 3 unspecified atom stereocenters. The van der Waals surface area contributed by atoms with Crippen molar-refractivity contribution < 1.29 is 82.4 Å². The molecule has 29 nitrogen and oxygen atoms in total. The van der Waals surface area contributed by atoms with Gasteiger partial charge in [0, 0.05) is 11.5 Å². The van der Waals surface area contributed by atoms with Crippen molar-refractivity contribution in [2.24, 2.45) is 35.1 Å². The molecule has 0 radical (unpaired) electrons. The van der Waals surface area contributed by atoms with Crippen LogP contribution in [0.5, 0.6) is 0 Å². The Morgan fingerprint density at radius 3 is 1.75 bits per heavy atom. The van der Waals surface area contributed by atoms with Crippen molar-refractivity contribution in [2.45, 2.75) is 155 Å². The van der Waals surface area contributed by atoms with Crippen molar-refractivity contribution in [3.05, 3.63) is 0 Å². The Kier molecular flexibility index (Phi) is 28.9. The number of hydrogen-bond donors (Lipinski definition) is 15. The quantitative estimate of drug-likeness (QED) is 0.0482. The molecule has 0 bridgehead atoms. The van der Waals surface area contributed by atoms with Gasteiger partial charge in [-0.3, -0.25) is 67.1 Å². The predicted molar refractivity (Wildman–Crippen MR) is 273 cm³/mol. The molecule has 0 saturated carbocycles. The van der Waals surface area contributed by atoms with Crippen LogP contribution >= 0.6 is 21.6 Å². The Morgan fingerprint density at radius 2 is 1.22 bits per heavy atom. The molecule has 1 aliphatic rings. The van der Waals surface area contributed by atoms with Crippen LogP contribution in [0.4, 0.5) is 0 Å². The normalized spacial score (nSPS) is 23.2. The van der Waals surface area contributed by atoms with Gasteiger partial charge in [0.1, 0.15) is 54.4 Å². The van der Waals surface area contributed by atoms with Crippen molar-refractivity contribution in [1.82, 2.24) is 53.2 Å². The molecule has 0 spiro atoms. The second kappa shape index (κ2) is 32.6. The minimum Gasteiger partial charge on any atom is -0.481 e. The maximum absolute atomic E-state index is 14.3. The summed E-state index contributed by atoms with van der Waals surface area (Å²) in [7, 11) is 1.67. The highest BCUT2D eigenvalue weighted by molar-refractivity contribution is 8.76. The predicted octanol–water partition coefficient (Wildman–Crippen LogP) is -4.48. The van der Waals surface area contributed by atoms with Crippen LogP contribution in [-0.4, -0.2) is 177 Å². The number of carbonyl (C=O) groups is 14. The maximum Gasteiger partial charge on any atom is 0.325 e. The second-order valence-electron chi connectivity index (χ2n) is 18.8. The van der Waals surface area contributed by atoms with Crippen molar-refractivity contribution in [1.29, 1.82) is 0 Å². The fourth-order valence-corrected chi connectivity index (χ4v) is 9.11. The highest BCUT2D eigenvalue weighted by Gasteiger charge is 2.38. The van der Waals surface area contributed by atoms with E-state index < -0.39 is 199 Å². The lowest BCUT2D eigenvalue weighted by atomic mass is 9.97. The molecule has 1 rings (SSSR count). The average Bonchev–Trinajstić information content (AvgIpc) is 3.33. The number of carboxylic acid groups (broad SMARTS) is 3. The monoisotopic (exact) mass is 1120 g/mol. The Morgan fingerprint density at radius 1 is 0.645 bits per heavy atom. The lowest BCUT2D eigenvalue weighted by Crippen LogP contribution is -2.61. The third-order valence-corrected chi connectivity index (χ3v) is 14.3. The Hall–Kier alpha value is -6.76. The van der Waals surface area contributed by atoms with E-state index in [-0.39, 0.29) is 12.2 Å². The number of amides is 11. The molecule has 0 aliphatic carbocycles. The smallest absolute Gasteiger partial charge is 0.325 e. The van der Waals surface area contributed by atoms with E-state index in [0.717, 1.165) is 28.5 Å². The summed E-state index contributed by atoms with van der Waals surface area (Å²) in [5.41, 5.74) is 11.6. The first-order valence-electron chi connectivity index (χ1n) is 24.3. The fraction of sp³-hybridized carbons (Fsp3) is 0.689. The summed E-state index contributed by atoms with van der Waals surface area (Å²) in [5, 5.41) is 52.0. The molecule has 12 atom stereocenters. The summed E-state index contributed by atoms with van der Waals surface area (Å²) in [6.07, 6.45) is -2.20. The summed E-state index contributed by atoms with van der Waals surface area (Å²) in [6.45, 7) is 12.8. The molecular formula is C45H74N12O17S2. The lowest BCUT2D eigenvalue weighted by Gasteiger charge is -2.29. The minimum absolute atomic E-state index is 0.216. The summed E-state index contributed by atoms with van der Waals surface area (Å²) >= 11 is 0. The molecule has 1 fully saturated rings. The summed E-state index contributed by atoms with van der Waals surface area (Å²) < 4.78 is 0. The highest BCUT2D eigenvalue weighted by Crippen LogP contribution is 2.24. The Labute approximate surface area is 446 Å². The zero-order valence-corrected chi connectivity index (χ0v) is 45.4. The number of primary amides is 1. The molecule has 0 aromatic carbocycles. The van der Waals surface area contributed by atoms with Gasteiger partial charge in [0.25, 0.3) is 0 Å². The van der Waals surface area contributed by atoms with Crippen LogP contribution in [0.25, 0.3) is 0 Å². The summed E-state index contributed by atoms with van der Waals surface area (Å²) in [5.74, 6) is -19.6. The zero-order valence-electron chi connectivity index (χ0n) is 43.8. The van der Waals surface area contributed by atoms with Crippen LogP contribution < -0.4 is 64.6 Å². The topological polar surface area (TPSA) is 472 Å². The Balaban J connectivity index is 3.97. The number of aliphatic carboxylic acids is 3. The molecular weight excluding hydrogens is 1040 g/mol. The van der Waals surface area contributed by atoms with Crippen LogP contribution in [0.2, 0.25) is 0 Å². The van der Waals surface area contributed by atoms with E-state index in [4.69, 9.17) is 11.5 Å². The number of nitrogens with two attached hydrogens (primary N) is 2. The largest absolute Gasteiger partial charge is 0.481 e. The molecule has 0 aromatic heterocycles. The van der Waals surface area contributed by atoms with E-state index in [1.807, 2.05) is 0 Å². The van der Waals surface area contributed by atoms with Crippen LogP contribution in [0, 0.1) is 23.7 Å². The van der Waals surface area contributed by atoms with Crippen LogP contribution in [0.15, 0.2) is 0 Å². The van der Waals surface area contributed by atoms with Crippen LogP contribution in [0.1, 0.15) is 94.4 Å². The number of nitrogens with one attached hydrogen (secondary N) is 10. The van der Waals surface area contributed by atoms with Gasteiger partial charge in [-0.15, -0.1) is 0 Å². The summed E-state index contributed by atoms with van der Waals surface area (Å²) in [4.78, 5) is 184. The van der Waals surface area contributed by atoms with Gasteiger partial charge in [0.05, 0.1) is 31.8 Å². The third-order valence-electron chi connectivity index (χ3n) is 11.9. The fourth-order valence-electron chi connectivity index (χ4n) is 6.78. The van der Waals surface area contributed by atoms with E-state index in [0.29, 0.717) is 6.42 Å². The highest BCUT2D eigenvalue weighted by atomic mass is 33.1. The Bertz CT molecular complexity index is 2150. The molecule has 0 aromatic rings. The second-order valence-corrected chi connectivity index (χ2v) is 21.4. The van der Waals surface area contributed by atoms with Crippen molar-refractivity contribution >= 4 is 104 Å². The van der Waals surface area contributed by atoms with Gasteiger partial charge < -0.3 is 80.0 Å². The number of carboxylic acids is 3. The number of hydrogen-bond acceptors (Lipinski definition) is 17. The molecule has 76 heavy (non-hydrogen) atoms. The van der Waals surface area contributed by atoms with Gasteiger partial charge in [-0.2, -0.15) is 0 Å². The van der Waals surface area contributed by atoms with E-state index in [9.17, 15) is 82.4 Å². The SMILES string of the molecule is CC[C@H](C)[C@H](N)C(=O)NC1CSSCC(C(=O)N[C@H](C(=O)N[C@@H](CC(=O)O)C(=O)N[C@@H](C)C(=O)O)C(C)C)NC(=O)[C@H](C(C)C)NC(=O)CNC(=O)[C@H](CC(N)=O)NC(=O)[C@H]([C@@H](C)CC)NC(=O)C(CC(=O)O)NC1=O. The van der Waals surface area contributed by atoms with E-state index in [1.54, 1.807) is 20.8 Å². The molecule has 1 saturated heterocycles. The number of rotatable bonds is 21. The third kappa shape index (κ3) is 23.0. The van der Waals surface area contributed by atoms with Gasteiger partial charge in [0.15, 0.2) is 0 Å². The van der Waals surface area contributed by atoms with Crippen LogP contribution in [0.3, 0.4) is 0 Å². The first kappa shape index (κ1) is 67.3. The van der Waals surface area contributed by atoms with Crippen molar-refractivity contribution in [3.63, 3.8) is 0 Å². The lowest BCUT2D eigenvalue weighted by molar-refractivity contribution is -0.143. The van der Waals surface area contributed by atoms with Crippen LogP contribution in [-0.2, 0) is 67.1 Å². The molecule has 11 amide bonds. The molecule has 17 N–H and O–H groups in total. The van der Waals surface area contributed by atoms with Gasteiger partial charge in [-0.1, -0.05) is 89.8 Å². The van der Waals surface area contributed by atoms with Crippen molar-refractivity contribution in [2.75, 3.05) is 18.1 Å². The maximum atomic E-state index is 14.3. The number of carbonyl (C=O) groups excluding carboxylic acids is 11. The minimum atomic E-state index is -1.90. The zero-order chi connectivity index (χ0) is 58.3. The van der Waals surface area contributed by atoms with E-state index in [1.165, 1.54) is 34.6 Å². The molecule has 428 valence electrons. The molecule has 1 aliphatic heterocycles. The van der Waals surface area contributed by atoms with E-state index >= 15 is 0 Å². The molecule has 31 heteroatoms. The first-order valence-corrected chi connectivity index (χ1v) is 26.8. The van der Waals surface area contributed by atoms with Gasteiger partial charge in [0.2, 0.25) is 65.0 Å². The van der Waals surface area contributed by atoms with Gasteiger partial charge in [-0.25, -0.2) is 0 Å². The summed E-state index contributed by atoms with van der Waals surface area (Å²) in [6, 6.07) is -15.9.